The normalized spacial score (nSPS) is 11.9. The first-order valence-corrected chi connectivity index (χ1v) is 23.6. The minimum atomic E-state index is 0.931. The van der Waals surface area contributed by atoms with Gasteiger partial charge in [0.15, 0.2) is 0 Å². The van der Waals surface area contributed by atoms with E-state index in [4.69, 9.17) is 4.98 Å². The maximum atomic E-state index is 5.12. The smallest absolute Gasteiger partial charge is 0.0715 e. The molecule has 12 aromatic rings. The highest BCUT2D eigenvalue weighted by molar-refractivity contribution is 6.13. The number of aromatic nitrogens is 3. The fraction of sp³-hybridized carbons (Fsp3) is 0.0152. The molecule has 0 amide bonds. The van der Waals surface area contributed by atoms with Crippen molar-refractivity contribution in [2.45, 2.75) is 6.92 Å². The molecule has 0 saturated carbocycles. The summed E-state index contributed by atoms with van der Waals surface area (Å²) in [5.74, 6) is 0. The molecule has 326 valence electrons. The number of para-hydroxylation sites is 3. The van der Waals surface area contributed by atoms with Crippen LogP contribution in [0.15, 0.2) is 261 Å². The van der Waals surface area contributed by atoms with Gasteiger partial charge < -0.3 is 9.13 Å². The summed E-state index contributed by atoms with van der Waals surface area (Å²) >= 11 is 0. The van der Waals surface area contributed by atoms with Crippen LogP contribution in [-0.2, 0) is 0 Å². The first-order valence-electron chi connectivity index (χ1n) is 23.6. The lowest BCUT2D eigenvalue weighted by Gasteiger charge is -2.13. The Morgan fingerprint density at radius 1 is 0.391 bits per heavy atom. The minimum Gasteiger partial charge on any atom is -0.309 e. The van der Waals surface area contributed by atoms with Crippen LogP contribution in [0.3, 0.4) is 0 Å². The van der Waals surface area contributed by atoms with E-state index in [0.717, 1.165) is 78.3 Å². The Morgan fingerprint density at radius 2 is 0.855 bits per heavy atom. The third-order valence-electron chi connectivity index (χ3n) is 13.3. The first-order chi connectivity index (χ1) is 34.1. The zero-order valence-electron chi connectivity index (χ0n) is 38.3. The first kappa shape index (κ1) is 41.4. The molecule has 12 rings (SSSR count). The fourth-order valence-corrected chi connectivity index (χ4v) is 10.0. The Bertz CT molecular complexity index is 3900. The number of allylic oxidation sites excluding steroid dienone is 5. The van der Waals surface area contributed by atoms with Crippen molar-refractivity contribution in [3.8, 4) is 61.6 Å². The molecule has 0 saturated heterocycles. The summed E-state index contributed by atoms with van der Waals surface area (Å²) in [6.07, 6.45) is 6.53. The molecular formula is C66H47N3. The van der Waals surface area contributed by atoms with Crippen molar-refractivity contribution < 1.29 is 0 Å². The van der Waals surface area contributed by atoms with Gasteiger partial charge in [-0.15, -0.1) is 0 Å². The summed E-state index contributed by atoms with van der Waals surface area (Å²) in [6, 6.07) is 84.7. The van der Waals surface area contributed by atoms with Gasteiger partial charge in [0.1, 0.15) is 0 Å². The van der Waals surface area contributed by atoms with Gasteiger partial charge in [0.2, 0.25) is 0 Å². The second-order valence-corrected chi connectivity index (χ2v) is 17.6. The zero-order valence-corrected chi connectivity index (χ0v) is 38.3. The van der Waals surface area contributed by atoms with Crippen LogP contribution in [0.25, 0.3) is 116 Å². The lowest BCUT2D eigenvalue weighted by molar-refractivity contribution is 1.18. The summed E-state index contributed by atoms with van der Waals surface area (Å²) in [7, 11) is 0. The molecule has 3 heteroatoms. The minimum absolute atomic E-state index is 0.931. The second-order valence-electron chi connectivity index (χ2n) is 17.6. The SMILES string of the molecule is C=C(/C=C(\C=C/C)n1c2ccccc2c2cc(-c3ccc4c(c3)c3ccccc3n4-c3ccccc3)ccc21)c1cccc(-c2cccc(-c3cc(-c4ccccc4)nc(-c4ccccc4)c3)c2)c1. The van der Waals surface area contributed by atoms with Crippen LogP contribution in [0.5, 0.6) is 0 Å². The largest absolute Gasteiger partial charge is 0.309 e. The monoisotopic (exact) mass is 881 g/mol. The van der Waals surface area contributed by atoms with Crippen LogP contribution in [0.4, 0.5) is 0 Å². The van der Waals surface area contributed by atoms with Gasteiger partial charge in [-0.2, -0.15) is 0 Å². The van der Waals surface area contributed by atoms with E-state index in [1.807, 2.05) is 12.1 Å². The molecule has 3 aromatic heterocycles. The van der Waals surface area contributed by atoms with Crippen molar-refractivity contribution in [2.24, 2.45) is 0 Å². The third-order valence-corrected chi connectivity index (χ3v) is 13.3. The number of benzene rings is 9. The van der Waals surface area contributed by atoms with E-state index in [9.17, 15) is 0 Å². The Balaban J connectivity index is 0.899. The van der Waals surface area contributed by atoms with Gasteiger partial charge in [0.25, 0.3) is 0 Å². The fourth-order valence-electron chi connectivity index (χ4n) is 10.0. The molecule has 0 aliphatic rings. The summed E-state index contributed by atoms with van der Waals surface area (Å²) in [4.78, 5) is 5.12. The van der Waals surface area contributed by atoms with Crippen molar-refractivity contribution in [1.82, 2.24) is 14.1 Å². The van der Waals surface area contributed by atoms with Gasteiger partial charge in [-0.25, -0.2) is 4.98 Å². The van der Waals surface area contributed by atoms with Gasteiger partial charge in [-0.05, 0) is 136 Å². The van der Waals surface area contributed by atoms with E-state index in [1.165, 1.54) is 43.7 Å². The quantitative estimate of drug-likeness (QED) is 0.126. The van der Waals surface area contributed by atoms with Crippen LogP contribution >= 0.6 is 0 Å². The Kier molecular flexibility index (Phi) is 10.6. The second kappa shape index (κ2) is 17.6. The zero-order chi connectivity index (χ0) is 46.3. The summed E-state index contributed by atoms with van der Waals surface area (Å²) < 4.78 is 4.75. The average molecular weight is 882 g/mol. The summed E-state index contributed by atoms with van der Waals surface area (Å²) in [6.45, 7) is 6.76. The maximum absolute atomic E-state index is 5.12. The summed E-state index contributed by atoms with van der Waals surface area (Å²) in [5.41, 5.74) is 19.9. The topological polar surface area (TPSA) is 22.8 Å². The van der Waals surface area contributed by atoms with E-state index in [2.05, 4.69) is 265 Å². The van der Waals surface area contributed by atoms with E-state index < -0.39 is 0 Å². The van der Waals surface area contributed by atoms with E-state index >= 15 is 0 Å². The van der Waals surface area contributed by atoms with Crippen molar-refractivity contribution in [3.05, 3.63) is 267 Å². The number of rotatable bonds is 10. The van der Waals surface area contributed by atoms with Gasteiger partial charge in [-0.1, -0.05) is 176 Å². The highest BCUT2D eigenvalue weighted by Crippen LogP contribution is 2.39. The van der Waals surface area contributed by atoms with E-state index in [1.54, 1.807) is 0 Å². The third kappa shape index (κ3) is 7.66. The summed E-state index contributed by atoms with van der Waals surface area (Å²) in [5, 5.41) is 4.90. The van der Waals surface area contributed by atoms with Gasteiger partial charge >= 0.3 is 0 Å². The van der Waals surface area contributed by atoms with Gasteiger partial charge in [0, 0.05) is 44.1 Å². The number of nitrogens with zero attached hydrogens (tertiary/aromatic N) is 3. The van der Waals surface area contributed by atoms with Crippen molar-refractivity contribution in [3.63, 3.8) is 0 Å². The Labute approximate surface area is 402 Å². The van der Waals surface area contributed by atoms with Crippen LogP contribution < -0.4 is 0 Å². The number of hydrogen-bond acceptors (Lipinski definition) is 1. The molecule has 0 aliphatic carbocycles. The molecule has 0 aliphatic heterocycles. The van der Waals surface area contributed by atoms with Crippen LogP contribution in [0.2, 0.25) is 0 Å². The molecule has 3 heterocycles. The molecule has 69 heavy (non-hydrogen) atoms. The molecule has 0 N–H and O–H groups in total. The molecule has 0 spiro atoms. The van der Waals surface area contributed by atoms with Crippen molar-refractivity contribution in [1.29, 1.82) is 0 Å². The average Bonchev–Trinajstić information content (AvgIpc) is 3.93. The molecule has 0 radical (unpaired) electrons. The van der Waals surface area contributed by atoms with Gasteiger partial charge in [0.05, 0.1) is 33.5 Å². The molecule has 9 aromatic carbocycles. The van der Waals surface area contributed by atoms with Crippen LogP contribution in [-0.4, -0.2) is 14.1 Å². The Morgan fingerprint density at radius 3 is 1.51 bits per heavy atom. The van der Waals surface area contributed by atoms with Crippen LogP contribution in [0, 0.1) is 0 Å². The number of fused-ring (bicyclic) bond motifs is 6. The lowest BCUT2D eigenvalue weighted by Crippen LogP contribution is -1.96. The van der Waals surface area contributed by atoms with Crippen LogP contribution in [0.1, 0.15) is 12.5 Å². The predicted molar refractivity (Wildman–Crippen MR) is 293 cm³/mol. The molecule has 0 fully saturated rings. The van der Waals surface area contributed by atoms with E-state index in [-0.39, 0.29) is 0 Å². The molecule has 3 nitrogen and oxygen atoms in total. The predicted octanol–water partition coefficient (Wildman–Crippen LogP) is 17.8. The highest BCUT2D eigenvalue weighted by Gasteiger charge is 2.17. The Hall–Kier alpha value is -9.05. The molecular weight excluding hydrogens is 835 g/mol. The van der Waals surface area contributed by atoms with E-state index in [0.29, 0.717) is 0 Å². The molecule has 0 bridgehead atoms. The van der Waals surface area contributed by atoms with Crippen molar-refractivity contribution >= 4 is 54.9 Å². The number of pyridine rings is 1. The lowest BCUT2D eigenvalue weighted by atomic mass is 9.95. The molecule has 0 atom stereocenters. The molecule has 0 unspecified atom stereocenters. The van der Waals surface area contributed by atoms with Crippen molar-refractivity contribution in [2.75, 3.05) is 0 Å². The maximum Gasteiger partial charge on any atom is 0.0715 e. The standard InChI is InChI=1S/C66H47N3/c1-3-19-56(38-45(2)48-24-17-25-49(39-48)50-26-18-27-51(40-50)54-43-61(46-20-7-4-8-21-46)67-62(44-54)47-22-9-5-10-23-47)69-64-33-16-14-31-58(64)60-42-53(35-37-66(60)69)52-34-36-65-59(41-52)57-30-13-15-32-63(57)68(65)55-28-11-6-12-29-55/h3-44H,2H2,1H3/b19-3-,56-38+. The highest BCUT2D eigenvalue weighted by atomic mass is 15.0. The number of hydrogen-bond donors (Lipinski definition) is 0. The van der Waals surface area contributed by atoms with Gasteiger partial charge in [-0.3, -0.25) is 0 Å².